The van der Waals surface area contributed by atoms with Crippen molar-refractivity contribution in [2.45, 2.75) is 6.04 Å². The predicted octanol–water partition coefficient (Wildman–Crippen LogP) is 2.12. The van der Waals surface area contributed by atoms with Crippen LogP contribution < -0.4 is 5.73 Å². The van der Waals surface area contributed by atoms with Gasteiger partial charge in [-0.3, -0.25) is 0 Å². The van der Waals surface area contributed by atoms with Crippen molar-refractivity contribution in [1.29, 1.82) is 0 Å². The van der Waals surface area contributed by atoms with Crippen LogP contribution in [0.2, 0.25) is 5.02 Å². The smallest absolute Gasteiger partial charge is 0.0946 e. The molecule has 1 aromatic heterocycles. The standard InChI is InChI=1S/C11H12ClN3/c1-15-7-14-6-10(15)11(13)8-3-2-4-9(12)5-8/h2-7,11H,13H2,1H3. The maximum Gasteiger partial charge on any atom is 0.0946 e. The minimum atomic E-state index is -0.184. The van der Waals surface area contributed by atoms with Gasteiger partial charge in [0.05, 0.1) is 24.3 Å². The molecular formula is C11H12ClN3. The van der Waals surface area contributed by atoms with Crippen molar-refractivity contribution in [2.75, 3.05) is 0 Å². The summed E-state index contributed by atoms with van der Waals surface area (Å²) in [5, 5.41) is 0.699. The van der Waals surface area contributed by atoms with E-state index in [4.69, 9.17) is 17.3 Å². The summed E-state index contributed by atoms with van der Waals surface area (Å²) in [6, 6.07) is 7.38. The van der Waals surface area contributed by atoms with Crippen LogP contribution in [0.5, 0.6) is 0 Å². The van der Waals surface area contributed by atoms with Crippen LogP contribution >= 0.6 is 11.6 Å². The summed E-state index contributed by atoms with van der Waals surface area (Å²) in [6.45, 7) is 0. The lowest BCUT2D eigenvalue weighted by Gasteiger charge is -2.12. The highest BCUT2D eigenvalue weighted by atomic mass is 35.5. The number of benzene rings is 1. The van der Waals surface area contributed by atoms with Crippen molar-refractivity contribution < 1.29 is 0 Å². The van der Waals surface area contributed by atoms with Crippen molar-refractivity contribution in [3.63, 3.8) is 0 Å². The lowest BCUT2D eigenvalue weighted by atomic mass is 10.1. The molecule has 0 amide bonds. The monoisotopic (exact) mass is 221 g/mol. The molecule has 3 nitrogen and oxygen atoms in total. The predicted molar refractivity (Wildman–Crippen MR) is 60.7 cm³/mol. The Bertz CT molecular complexity index is 464. The van der Waals surface area contributed by atoms with E-state index in [1.807, 2.05) is 35.9 Å². The molecule has 0 fully saturated rings. The van der Waals surface area contributed by atoms with Gasteiger partial charge in [0.15, 0.2) is 0 Å². The molecule has 1 atom stereocenters. The third-order valence-corrected chi connectivity index (χ3v) is 2.62. The van der Waals surface area contributed by atoms with E-state index in [2.05, 4.69) is 4.98 Å². The molecule has 0 bridgehead atoms. The number of hydrogen-bond acceptors (Lipinski definition) is 2. The molecule has 0 aliphatic rings. The SMILES string of the molecule is Cn1cncc1C(N)c1cccc(Cl)c1. The van der Waals surface area contributed by atoms with Crippen molar-refractivity contribution in [3.8, 4) is 0 Å². The first-order valence-corrected chi connectivity index (χ1v) is 5.03. The third-order valence-electron chi connectivity index (χ3n) is 2.38. The van der Waals surface area contributed by atoms with Crippen molar-refractivity contribution in [1.82, 2.24) is 9.55 Å². The number of rotatable bonds is 2. The molecule has 1 heterocycles. The van der Waals surface area contributed by atoms with Gasteiger partial charge in [0.1, 0.15) is 0 Å². The Balaban J connectivity index is 2.36. The second-order valence-corrected chi connectivity index (χ2v) is 3.90. The molecule has 0 aliphatic heterocycles. The number of halogens is 1. The van der Waals surface area contributed by atoms with Gasteiger partial charge in [-0.15, -0.1) is 0 Å². The maximum absolute atomic E-state index is 6.11. The highest BCUT2D eigenvalue weighted by Crippen LogP contribution is 2.21. The Morgan fingerprint density at radius 1 is 1.47 bits per heavy atom. The average molecular weight is 222 g/mol. The summed E-state index contributed by atoms with van der Waals surface area (Å²) in [6.07, 6.45) is 3.51. The van der Waals surface area contributed by atoms with Gasteiger partial charge in [-0.25, -0.2) is 4.98 Å². The van der Waals surface area contributed by atoms with Crippen molar-refractivity contribution in [3.05, 3.63) is 53.1 Å². The molecule has 2 N–H and O–H groups in total. The van der Waals surface area contributed by atoms with Gasteiger partial charge in [-0.2, -0.15) is 0 Å². The van der Waals surface area contributed by atoms with Crippen LogP contribution in [0.4, 0.5) is 0 Å². The molecule has 1 aromatic carbocycles. The van der Waals surface area contributed by atoms with Gasteiger partial charge >= 0.3 is 0 Å². The Morgan fingerprint density at radius 3 is 2.87 bits per heavy atom. The molecule has 0 aliphatic carbocycles. The van der Waals surface area contributed by atoms with Gasteiger partial charge in [0.2, 0.25) is 0 Å². The lowest BCUT2D eigenvalue weighted by molar-refractivity contribution is 0.746. The fourth-order valence-electron chi connectivity index (χ4n) is 1.54. The number of imidazole rings is 1. The first-order chi connectivity index (χ1) is 7.18. The fraction of sp³-hybridized carbons (Fsp3) is 0.182. The van der Waals surface area contributed by atoms with Crippen LogP contribution in [-0.2, 0) is 7.05 Å². The number of nitrogens with zero attached hydrogens (tertiary/aromatic N) is 2. The van der Waals surface area contributed by atoms with Crippen LogP contribution in [0.25, 0.3) is 0 Å². The molecule has 0 saturated carbocycles. The Hall–Kier alpha value is -1.32. The Morgan fingerprint density at radius 2 is 2.27 bits per heavy atom. The third kappa shape index (κ3) is 2.03. The van der Waals surface area contributed by atoms with E-state index in [0.29, 0.717) is 5.02 Å². The lowest BCUT2D eigenvalue weighted by Crippen LogP contribution is -2.15. The van der Waals surface area contributed by atoms with E-state index in [-0.39, 0.29) is 6.04 Å². The molecule has 78 valence electrons. The Kier molecular flexibility index (Phi) is 2.75. The number of nitrogens with two attached hydrogens (primary N) is 1. The molecule has 2 rings (SSSR count). The quantitative estimate of drug-likeness (QED) is 0.844. The number of hydrogen-bond donors (Lipinski definition) is 1. The van der Waals surface area contributed by atoms with E-state index < -0.39 is 0 Å². The molecule has 0 saturated heterocycles. The summed E-state index contributed by atoms with van der Waals surface area (Å²) >= 11 is 5.91. The highest BCUT2D eigenvalue weighted by molar-refractivity contribution is 6.30. The molecule has 0 radical (unpaired) electrons. The van der Waals surface area contributed by atoms with E-state index >= 15 is 0 Å². The van der Waals surface area contributed by atoms with Crippen LogP contribution in [-0.4, -0.2) is 9.55 Å². The maximum atomic E-state index is 6.11. The van der Waals surface area contributed by atoms with Crippen LogP contribution in [0.1, 0.15) is 17.3 Å². The summed E-state index contributed by atoms with van der Waals surface area (Å²) < 4.78 is 1.91. The molecular weight excluding hydrogens is 210 g/mol. The first kappa shape index (κ1) is 10.2. The summed E-state index contributed by atoms with van der Waals surface area (Å²) in [4.78, 5) is 4.04. The van der Waals surface area contributed by atoms with Crippen molar-refractivity contribution in [2.24, 2.45) is 12.8 Å². The second-order valence-electron chi connectivity index (χ2n) is 3.46. The topological polar surface area (TPSA) is 43.8 Å². The summed E-state index contributed by atoms with van der Waals surface area (Å²) in [5.41, 5.74) is 8.07. The van der Waals surface area contributed by atoms with Gasteiger partial charge < -0.3 is 10.3 Å². The summed E-state index contributed by atoms with van der Waals surface area (Å²) in [7, 11) is 1.92. The normalized spacial score (nSPS) is 12.7. The van der Waals surface area contributed by atoms with Crippen LogP contribution in [0, 0.1) is 0 Å². The van der Waals surface area contributed by atoms with Crippen molar-refractivity contribution >= 4 is 11.6 Å². The minimum Gasteiger partial charge on any atom is -0.336 e. The largest absolute Gasteiger partial charge is 0.336 e. The fourth-order valence-corrected chi connectivity index (χ4v) is 1.74. The molecule has 2 aromatic rings. The van der Waals surface area contributed by atoms with E-state index in [1.165, 1.54) is 0 Å². The second kappa shape index (κ2) is 4.04. The Labute approximate surface area is 93.5 Å². The minimum absolute atomic E-state index is 0.184. The number of aryl methyl sites for hydroxylation is 1. The molecule has 1 unspecified atom stereocenters. The molecule has 15 heavy (non-hydrogen) atoms. The summed E-state index contributed by atoms with van der Waals surface area (Å²) in [5.74, 6) is 0. The zero-order valence-corrected chi connectivity index (χ0v) is 9.15. The highest BCUT2D eigenvalue weighted by Gasteiger charge is 2.12. The van der Waals surface area contributed by atoms with Gasteiger partial charge in [-0.05, 0) is 17.7 Å². The molecule has 0 spiro atoms. The number of aromatic nitrogens is 2. The average Bonchev–Trinajstić information content (AvgIpc) is 2.63. The zero-order valence-electron chi connectivity index (χ0n) is 8.39. The van der Waals surface area contributed by atoms with E-state index in [0.717, 1.165) is 11.3 Å². The van der Waals surface area contributed by atoms with Crippen LogP contribution in [0.15, 0.2) is 36.8 Å². The van der Waals surface area contributed by atoms with Gasteiger partial charge in [0.25, 0.3) is 0 Å². The van der Waals surface area contributed by atoms with E-state index in [1.54, 1.807) is 12.5 Å². The van der Waals surface area contributed by atoms with Crippen LogP contribution in [0.3, 0.4) is 0 Å². The van der Waals surface area contributed by atoms with Gasteiger partial charge in [0, 0.05) is 12.1 Å². The first-order valence-electron chi connectivity index (χ1n) is 4.66. The molecule has 4 heteroatoms. The zero-order chi connectivity index (χ0) is 10.8. The van der Waals surface area contributed by atoms with Gasteiger partial charge in [-0.1, -0.05) is 23.7 Å². The van der Waals surface area contributed by atoms with E-state index in [9.17, 15) is 0 Å².